The highest BCUT2D eigenvalue weighted by Crippen LogP contribution is 2.23. The van der Waals surface area contributed by atoms with Crippen LogP contribution in [0.2, 0.25) is 10.0 Å². The van der Waals surface area contributed by atoms with Crippen molar-refractivity contribution in [2.45, 2.75) is 19.4 Å². The van der Waals surface area contributed by atoms with Crippen LogP contribution in [0, 0.1) is 0 Å². The fourth-order valence-corrected chi connectivity index (χ4v) is 3.13. The molecular formula is C16H14BrCl2NO. The van der Waals surface area contributed by atoms with Gasteiger partial charge in [0, 0.05) is 20.1 Å². The van der Waals surface area contributed by atoms with Gasteiger partial charge >= 0.3 is 0 Å². The molecule has 0 fully saturated rings. The Morgan fingerprint density at radius 3 is 2.57 bits per heavy atom. The van der Waals surface area contributed by atoms with E-state index in [9.17, 15) is 4.79 Å². The molecular weight excluding hydrogens is 373 g/mol. The minimum Gasteiger partial charge on any atom is -0.345 e. The van der Waals surface area contributed by atoms with Crippen molar-refractivity contribution in [2.75, 3.05) is 0 Å². The maximum absolute atomic E-state index is 12.4. The van der Waals surface area contributed by atoms with E-state index in [0.29, 0.717) is 15.6 Å². The Balaban J connectivity index is 2.20. The summed E-state index contributed by atoms with van der Waals surface area (Å²) in [5.41, 5.74) is 1.51. The molecule has 110 valence electrons. The molecule has 1 amide bonds. The summed E-state index contributed by atoms with van der Waals surface area (Å²) in [6.07, 6.45) is 0.772. The van der Waals surface area contributed by atoms with Crippen LogP contribution in [0.4, 0.5) is 0 Å². The summed E-state index contributed by atoms with van der Waals surface area (Å²) in [6, 6.07) is 12.5. The Labute approximate surface area is 142 Å². The molecule has 0 radical (unpaired) electrons. The molecule has 1 atom stereocenters. The third kappa shape index (κ3) is 4.47. The maximum Gasteiger partial charge on any atom is 0.251 e. The zero-order valence-corrected chi connectivity index (χ0v) is 14.5. The van der Waals surface area contributed by atoms with Gasteiger partial charge in [-0.15, -0.1) is 0 Å². The van der Waals surface area contributed by atoms with E-state index in [1.54, 1.807) is 18.2 Å². The van der Waals surface area contributed by atoms with Gasteiger partial charge in [-0.3, -0.25) is 4.79 Å². The van der Waals surface area contributed by atoms with E-state index >= 15 is 0 Å². The quantitative estimate of drug-likeness (QED) is 0.723. The molecule has 1 N–H and O–H groups in total. The highest BCUT2D eigenvalue weighted by molar-refractivity contribution is 9.10. The van der Waals surface area contributed by atoms with Crippen molar-refractivity contribution < 1.29 is 4.79 Å². The third-order valence-electron chi connectivity index (χ3n) is 3.09. The highest BCUT2D eigenvalue weighted by Gasteiger charge is 2.15. The number of benzene rings is 2. The minimum atomic E-state index is -0.162. The number of nitrogens with one attached hydrogen (secondary N) is 1. The number of hydrogen-bond donors (Lipinski definition) is 1. The number of hydrogen-bond acceptors (Lipinski definition) is 1. The molecule has 0 heterocycles. The molecule has 2 aromatic carbocycles. The van der Waals surface area contributed by atoms with Gasteiger partial charge in [-0.05, 0) is 42.3 Å². The molecule has 0 saturated carbocycles. The van der Waals surface area contributed by atoms with E-state index in [0.717, 1.165) is 16.5 Å². The number of carbonyl (C=O) groups is 1. The lowest BCUT2D eigenvalue weighted by molar-refractivity contribution is 0.0935. The summed E-state index contributed by atoms with van der Waals surface area (Å²) in [5.74, 6) is -0.162. The van der Waals surface area contributed by atoms with Crippen molar-refractivity contribution in [3.05, 3.63) is 68.1 Å². The average Bonchev–Trinajstić information content (AvgIpc) is 2.43. The average molecular weight is 387 g/mol. The molecule has 2 aromatic rings. The normalized spacial score (nSPS) is 12.0. The van der Waals surface area contributed by atoms with Gasteiger partial charge in [0.05, 0.1) is 6.04 Å². The topological polar surface area (TPSA) is 29.1 Å². The third-order valence-corrected chi connectivity index (χ3v) is 4.00. The minimum absolute atomic E-state index is 0.0889. The monoisotopic (exact) mass is 385 g/mol. The van der Waals surface area contributed by atoms with Gasteiger partial charge in [-0.25, -0.2) is 0 Å². The first-order valence-electron chi connectivity index (χ1n) is 6.52. The summed E-state index contributed by atoms with van der Waals surface area (Å²) in [5, 5.41) is 4.18. The molecule has 0 aliphatic carbocycles. The molecule has 0 spiro atoms. The van der Waals surface area contributed by atoms with Crippen LogP contribution in [0.1, 0.15) is 35.3 Å². The Morgan fingerprint density at radius 2 is 1.95 bits per heavy atom. The molecule has 5 heteroatoms. The largest absolute Gasteiger partial charge is 0.345 e. The molecule has 2 rings (SSSR count). The maximum atomic E-state index is 12.4. The molecule has 21 heavy (non-hydrogen) atoms. The molecule has 2 nitrogen and oxygen atoms in total. The van der Waals surface area contributed by atoms with Crippen LogP contribution in [-0.4, -0.2) is 5.91 Å². The van der Waals surface area contributed by atoms with Crippen molar-refractivity contribution in [1.29, 1.82) is 0 Å². The Morgan fingerprint density at radius 1 is 1.19 bits per heavy atom. The van der Waals surface area contributed by atoms with Crippen LogP contribution in [0.5, 0.6) is 0 Å². The van der Waals surface area contributed by atoms with Crippen molar-refractivity contribution in [3.63, 3.8) is 0 Å². The van der Waals surface area contributed by atoms with Gasteiger partial charge in [0.15, 0.2) is 0 Å². The molecule has 0 aliphatic rings. The Kier molecular flexibility index (Phi) is 5.68. The zero-order valence-electron chi connectivity index (χ0n) is 11.4. The Hall–Kier alpha value is -1.03. The van der Waals surface area contributed by atoms with Gasteiger partial charge in [0.2, 0.25) is 0 Å². The summed E-state index contributed by atoms with van der Waals surface area (Å²) >= 11 is 15.3. The van der Waals surface area contributed by atoms with Crippen LogP contribution in [0.15, 0.2) is 46.9 Å². The van der Waals surface area contributed by atoms with Gasteiger partial charge in [-0.2, -0.15) is 0 Å². The SMILES string of the molecule is CCC(NC(=O)c1cc(Cl)cc(Br)c1)c1cccc(Cl)c1. The second-order valence-electron chi connectivity index (χ2n) is 4.65. The van der Waals surface area contributed by atoms with E-state index in [-0.39, 0.29) is 11.9 Å². The first-order valence-corrected chi connectivity index (χ1v) is 8.07. The number of carbonyl (C=O) groups excluding carboxylic acids is 1. The molecule has 0 saturated heterocycles. The lowest BCUT2D eigenvalue weighted by Gasteiger charge is -2.18. The van der Waals surface area contributed by atoms with Gasteiger partial charge in [0.1, 0.15) is 0 Å². The molecule has 0 aromatic heterocycles. The van der Waals surface area contributed by atoms with Gasteiger partial charge in [-0.1, -0.05) is 58.2 Å². The highest BCUT2D eigenvalue weighted by atomic mass is 79.9. The fourth-order valence-electron chi connectivity index (χ4n) is 2.07. The molecule has 0 bridgehead atoms. The predicted octanol–water partition coefficient (Wildman–Crippen LogP) is 5.64. The van der Waals surface area contributed by atoms with Crippen LogP contribution in [0.25, 0.3) is 0 Å². The number of rotatable bonds is 4. The lowest BCUT2D eigenvalue weighted by atomic mass is 10.0. The second-order valence-corrected chi connectivity index (χ2v) is 6.44. The first kappa shape index (κ1) is 16.3. The van der Waals surface area contributed by atoms with Crippen LogP contribution >= 0.6 is 39.1 Å². The molecule has 0 aliphatic heterocycles. The second kappa shape index (κ2) is 7.30. The van der Waals surface area contributed by atoms with Crippen LogP contribution in [-0.2, 0) is 0 Å². The van der Waals surface area contributed by atoms with E-state index in [4.69, 9.17) is 23.2 Å². The standard InChI is InChI=1S/C16H14BrCl2NO/c1-2-15(10-4-3-5-13(18)7-10)20-16(21)11-6-12(17)9-14(19)8-11/h3-9,15H,2H2,1H3,(H,20,21). The lowest BCUT2D eigenvalue weighted by Crippen LogP contribution is -2.28. The van der Waals surface area contributed by atoms with Crippen LogP contribution in [0.3, 0.4) is 0 Å². The molecule has 1 unspecified atom stereocenters. The predicted molar refractivity (Wildman–Crippen MR) is 91.1 cm³/mol. The van der Waals surface area contributed by atoms with Crippen molar-refractivity contribution in [1.82, 2.24) is 5.32 Å². The van der Waals surface area contributed by atoms with Crippen LogP contribution < -0.4 is 5.32 Å². The number of halogens is 3. The fraction of sp³-hybridized carbons (Fsp3) is 0.188. The van der Waals surface area contributed by atoms with E-state index in [1.807, 2.05) is 31.2 Å². The van der Waals surface area contributed by atoms with Crippen molar-refractivity contribution >= 4 is 45.0 Å². The van der Waals surface area contributed by atoms with Crippen molar-refractivity contribution in [3.8, 4) is 0 Å². The van der Waals surface area contributed by atoms with E-state index < -0.39 is 0 Å². The first-order chi connectivity index (χ1) is 9.99. The summed E-state index contributed by atoms with van der Waals surface area (Å²) in [4.78, 5) is 12.4. The van der Waals surface area contributed by atoms with Gasteiger partial charge < -0.3 is 5.32 Å². The summed E-state index contributed by atoms with van der Waals surface area (Å²) < 4.78 is 0.774. The summed E-state index contributed by atoms with van der Waals surface area (Å²) in [7, 11) is 0. The summed E-state index contributed by atoms with van der Waals surface area (Å²) in [6.45, 7) is 2.01. The smallest absolute Gasteiger partial charge is 0.251 e. The zero-order chi connectivity index (χ0) is 15.4. The van der Waals surface area contributed by atoms with Crippen molar-refractivity contribution in [2.24, 2.45) is 0 Å². The van der Waals surface area contributed by atoms with E-state index in [2.05, 4.69) is 21.2 Å². The Bertz CT molecular complexity index is 640. The number of amides is 1. The van der Waals surface area contributed by atoms with E-state index in [1.165, 1.54) is 0 Å². The van der Waals surface area contributed by atoms with Gasteiger partial charge in [0.25, 0.3) is 5.91 Å².